The topological polar surface area (TPSA) is 162 Å². The van der Waals surface area contributed by atoms with Gasteiger partial charge in [0.25, 0.3) is 0 Å². The summed E-state index contributed by atoms with van der Waals surface area (Å²) in [5, 5.41) is 13.0. The summed E-state index contributed by atoms with van der Waals surface area (Å²) in [4.78, 5) is 68.4. The number of benzene rings is 4. The summed E-state index contributed by atoms with van der Waals surface area (Å²) in [6.07, 6.45) is -4.77. The van der Waals surface area contributed by atoms with Crippen molar-refractivity contribution in [2.75, 3.05) is 19.0 Å². The Labute approximate surface area is 335 Å². The van der Waals surface area contributed by atoms with Crippen LogP contribution in [0, 0.1) is 5.92 Å². The molecule has 57 heavy (non-hydrogen) atoms. The molecule has 0 unspecified atom stereocenters. The molecule has 0 fully saturated rings. The molecule has 14 heteroatoms. The number of amides is 1. The zero-order chi connectivity index (χ0) is 41.0. The van der Waals surface area contributed by atoms with Crippen LogP contribution in [-0.4, -0.2) is 66.7 Å². The smallest absolute Gasteiger partial charge is 0.303 e. The van der Waals surface area contributed by atoms with Gasteiger partial charge in [0, 0.05) is 47.0 Å². The summed E-state index contributed by atoms with van der Waals surface area (Å²) in [6.45, 7) is 4.38. The number of hydrogen-bond acceptors (Lipinski definition) is 13. The van der Waals surface area contributed by atoms with Crippen molar-refractivity contribution in [3.63, 3.8) is 0 Å². The number of para-hydroxylation sites is 1. The Balaban J connectivity index is 1.87. The summed E-state index contributed by atoms with van der Waals surface area (Å²) in [7, 11) is 1.84. The van der Waals surface area contributed by atoms with E-state index in [4.69, 9.17) is 24.1 Å². The third-order valence-electron chi connectivity index (χ3n) is 8.81. The first-order valence-electron chi connectivity index (χ1n) is 18.1. The van der Waals surface area contributed by atoms with E-state index >= 15 is 4.79 Å². The quantitative estimate of drug-likeness (QED) is 0.0687. The monoisotopic (exact) mass is 792 g/mol. The van der Waals surface area contributed by atoms with Gasteiger partial charge in [0.2, 0.25) is 5.91 Å². The fourth-order valence-electron chi connectivity index (χ4n) is 6.55. The summed E-state index contributed by atoms with van der Waals surface area (Å²) in [5.74, 6) is -5.01. The van der Waals surface area contributed by atoms with Gasteiger partial charge in [-0.3, -0.25) is 24.0 Å². The summed E-state index contributed by atoms with van der Waals surface area (Å²) in [6, 6.07) is 36.3. The largest absolute Gasteiger partial charge is 0.462 e. The molecule has 0 aromatic heterocycles. The molecule has 5 rings (SSSR count). The normalized spacial score (nSPS) is 17.9. The first-order valence-corrected chi connectivity index (χ1v) is 18.9. The fourth-order valence-corrected chi connectivity index (χ4v) is 8.12. The second-order valence-electron chi connectivity index (χ2n) is 13.2. The zero-order valence-corrected chi connectivity index (χ0v) is 33.0. The van der Waals surface area contributed by atoms with Crippen molar-refractivity contribution in [1.29, 1.82) is 0 Å². The number of thioether (sulfide) groups is 1. The van der Waals surface area contributed by atoms with E-state index in [1.54, 1.807) is 78.9 Å². The number of azo groups is 1. The van der Waals surface area contributed by atoms with E-state index in [0.717, 1.165) is 26.3 Å². The maximum atomic E-state index is 15.4. The molecule has 13 nitrogen and oxygen atoms in total. The van der Waals surface area contributed by atoms with Crippen molar-refractivity contribution in [3.05, 3.63) is 143 Å². The number of hydrogen-bond donors (Lipinski definition) is 1. The molecule has 4 aromatic carbocycles. The van der Waals surface area contributed by atoms with Crippen LogP contribution in [0.4, 0.5) is 11.4 Å². The average molecular weight is 793 g/mol. The zero-order valence-electron chi connectivity index (χ0n) is 32.2. The lowest BCUT2D eigenvalue weighted by atomic mass is 9.76. The minimum atomic E-state index is -1.75. The Hall–Kier alpha value is -6.28. The maximum Gasteiger partial charge on any atom is 0.303 e. The van der Waals surface area contributed by atoms with Crippen molar-refractivity contribution in [2.45, 2.75) is 57.3 Å². The molecule has 1 heterocycles. The van der Waals surface area contributed by atoms with Crippen LogP contribution < -0.4 is 5.32 Å². The molecule has 0 saturated heterocycles. The van der Waals surface area contributed by atoms with Crippen LogP contribution in [0.25, 0.3) is 0 Å². The molecule has 4 aromatic rings. The minimum Gasteiger partial charge on any atom is -0.462 e. The average Bonchev–Trinajstić information content (AvgIpc) is 3.54. The van der Waals surface area contributed by atoms with Gasteiger partial charge in [-0.05, 0) is 35.4 Å². The summed E-state index contributed by atoms with van der Waals surface area (Å²) < 4.78 is 21.3. The van der Waals surface area contributed by atoms with Gasteiger partial charge in [0.05, 0.1) is 16.6 Å². The highest BCUT2D eigenvalue weighted by Gasteiger charge is 2.63. The Bertz CT molecular complexity index is 2080. The predicted octanol–water partition coefficient (Wildman–Crippen LogP) is 7.33. The number of nitrogens with zero attached hydrogens (tertiary/aromatic N) is 3. The van der Waals surface area contributed by atoms with Gasteiger partial charge < -0.3 is 29.2 Å². The van der Waals surface area contributed by atoms with E-state index < -0.39 is 65.4 Å². The van der Waals surface area contributed by atoms with Crippen LogP contribution in [0.3, 0.4) is 0 Å². The van der Waals surface area contributed by atoms with Gasteiger partial charge >= 0.3 is 23.9 Å². The standard InChI is InChI=1S/C43H44N4O9S/c1-28(48)53-27-36(54-29(2)49)39(55-30(3)50)40(56-31(4)51)37-38(46-45-35-24-16-9-17-25-35)41(47(5)26-32-18-10-6-11-19-32)57-43(37,33-20-12-7-13-21-33)42(52)44-34-22-14-8-15-23-34/h6-25,36-37,39-40H,26-27H2,1-5H3,(H,44,52)/t36-,37-,39+,40+,43-/m1/s1. The maximum absolute atomic E-state index is 15.4. The second-order valence-corrected chi connectivity index (χ2v) is 14.4. The second kappa shape index (κ2) is 19.5. The number of carbonyl (C=O) groups excluding carboxylic acids is 5. The predicted molar refractivity (Wildman–Crippen MR) is 213 cm³/mol. The van der Waals surface area contributed by atoms with E-state index in [1.807, 2.05) is 54.4 Å². The highest BCUT2D eigenvalue weighted by atomic mass is 32.2. The molecule has 1 amide bonds. The van der Waals surface area contributed by atoms with Gasteiger partial charge in [-0.25, -0.2) is 0 Å². The number of carbonyl (C=O) groups is 5. The van der Waals surface area contributed by atoms with Gasteiger partial charge in [-0.1, -0.05) is 109 Å². The molecule has 1 N–H and O–H groups in total. The number of rotatable bonds is 16. The minimum absolute atomic E-state index is 0.201. The molecule has 1 aliphatic heterocycles. The van der Waals surface area contributed by atoms with Crippen molar-refractivity contribution in [2.24, 2.45) is 16.1 Å². The highest BCUT2D eigenvalue weighted by molar-refractivity contribution is 8.04. The van der Waals surface area contributed by atoms with Gasteiger partial charge in [0.15, 0.2) is 18.3 Å². The first kappa shape index (κ1) is 41.9. The first-order chi connectivity index (χ1) is 27.4. The van der Waals surface area contributed by atoms with Gasteiger partial charge in [0.1, 0.15) is 17.1 Å². The molecule has 0 spiro atoms. The molecular weight excluding hydrogens is 749 g/mol. The van der Waals surface area contributed by atoms with Crippen LogP contribution in [0.5, 0.6) is 0 Å². The molecule has 0 saturated carbocycles. The van der Waals surface area contributed by atoms with Crippen molar-refractivity contribution in [3.8, 4) is 0 Å². The van der Waals surface area contributed by atoms with Crippen LogP contribution in [0.1, 0.15) is 38.8 Å². The van der Waals surface area contributed by atoms with E-state index in [-0.39, 0.29) is 5.70 Å². The van der Waals surface area contributed by atoms with Crippen LogP contribution in [0.2, 0.25) is 0 Å². The lowest BCUT2D eigenvalue weighted by Crippen LogP contribution is -2.56. The third kappa shape index (κ3) is 10.7. The van der Waals surface area contributed by atoms with E-state index in [0.29, 0.717) is 28.5 Å². The molecule has 5 atom stereocenters. The van der Waals surface area contributed by atoms with Crippen molar-refractivity contribution < 1.29 is 42.9 Å². The van der Waals surface area contributed by atoms with Crippen LogP contribution >= 0.6 is 11.8 Å². The third-order valence-corrected chi connectivity index (χ3v) is 10.5. The van der Waals surface area contributed by atoms with Crippen molar-refractivity contribution in [1.82, 2.24) is 4.90 Å². The van der Waals surface area contributed by atoms with E-state index in [2.05, 4.69) is 10.4 Å². The fraction of sp³-hybridized carbons (Fsp3) is 0.279. The molecule has 1 aliphatic rings. The summed E-state index contributed by atoms with van der Waals surface area (Å²) in [5.41, 5.74) is 2.58. The Morgan fingerprint density at radius 1 is 0.702 bits per heavy atom. The lowest BCUT2D eigenvalue weighted by molar-refractivity contribution is -0.193. The van der Waals surface area contributed by atoms with Crippen LogP contribution in [0.15, 0.2) is 142 Å². The summed E-state index contributed by atoms with van der Waals surface area (Å²) >= 11 is 1.17. The SMILES string of the molecule is CC(=O)OC[C@@H](OC(C)=O)[C@H](OC(C)=O)[C@@H](OC(C)=O)[C@H]1C(N=Nc2ccccc2)=C(N(C)Cc2ccccc2)S[C@]1(C(=O)Nc1ccccc1)c1ccccc1. The van der Waals surface area contributed by atoms with E-state index in [1.165, 1.54) is 18.7 Å². The number of nitrogens with one attached hydrogen (secondary N) is 1. The number of esters is 4. The van der Waals surface area contributed by atoms with Gasteiger partial charge in [-0.2, -0.15) is 10.2 Å². The molecule has 0 radical (unpaired) electrons. The molecule has 0 aliphatic carbocycles. The Kier molecular flexibility index (Phi) is 14.4. The highest BCUT2D eigenvalue weighted by Crippen LogP contribution is 2.60. The van der Waals surface area contributed by atoms with Gasteiger partial charge in [-0.15, -0.1) is 0 Å². The Morgan fingerprint density at radius 3 is 1.81 bits per heavy atom. The molecule has 0 bridgehead atoms. The van der Waals surface area contributed by atoms with Crippen molar-refractivity contribution >= 4 is 52.9 Å². The number of anilines is 1. The number of ether oxygens (including phenoxy) is 4. The lowest BCUT2D eigenvalue weighted by Gasteiger charge is -2.41. The Morgan fingerprint density at radius 2 is 1.25 bits per heavy atom. The van der Waals surface area contributed by atoms with Crippen LogP contribution in [-0.2, 0) is 54.2 Å². The molecule has 296 valence electrons. The van der Waals surface area contributed by atoms with E-state index in [9.17, 15) is 19.2 Å². The molecular formula is C43H44N4O9S.